The molecule has 0 N–H and O–H groups in total. The molecule has 0 saturated carbocycles. The predicted octanol–water partition coefficient (Wildman–Crippen LogP) is 7.53. The molecule has 194 valence electrons. The van der Waals surface area contributed by atoms with Crippen LogP contribution in [-0.4, -0.2) is 27.9 Å². The summed E-state index contributed by atoms with van der Waals surface area (Å²) in [4.78, 5) is 28.3. The SMILES string of the molecule is CCCCCCCC/C=C\CCCCCCCC(=O)OCC(CC(=O)CC)Cc1cncn1C. The maximum atomic E-state index is 12.2. The lowest BCUT2D eigenvalue weighted by atomic mass is 9.97. The van der Waals surface area contributed by atoms with E-state index in [-0.39, 0.29) is 17.7 Å². The number of unbranched alkanes of at least 4 members (excludes halogenated alkanes) is 11. The van der Waals surface area contributed by atoms with Crippen LogP contribution < -0.4 is 0 Å². The van der Waals surface area contributed by atoms with Crippen molar-refractivity contribution < 1.29 is 14.3 Å². The van der Waals surface area contributed by atoms with Gasteiger partial charge in [-0.05, 0) is 38.5 Å². The average Bonchev–Trinajstić information content (AvgIpc) is 3.23. The Morgan fingerprint density at radius 2 is 1.56 bits per heavy atom. The molecule has 0 fully saturated rings. The van der Waals surface area contributed by atoms with Gasteiger partial charge >= 0.3 is 5.97 Å². The molecule has 1 aromatic heterocycles. The van der Waals surface area contributed by atoms with Gasteiger partial charge in [-0.3, -0.25) is 9.59 Å². The second-order valence-corrected chi connectivity index (χ2v) is 9.68. The van der Waals surface area contributed by atoms with Gasteiger partial charge in [0.1, 0.15) is 5.78 Å². The van der Waals surface area contributed by atoms with Crippen LogP contribution in [0.5, 0.6) is 0 Å². The third-order valence-corrected chi connectivity index (χ3v) is 6.45. The van der Waals surface area contributed by atoms with E-state index < -0.39 is 0 Å². The topological polar surface area (TPSA) is 61.2 Å². The average molecular weight is 475 g/mol. The lowest BCUT2D eigenvalue weighted by molar-refractivity contribution is -0.145. The first kappa shape index (κ1) is 30.1. The first-order valence-corrected chi connectivity index (χ1v) is 13.8. The molecule has 0 radical (unpaired) electrons. The molecule has 0 aliphatic heterocycles. The zero-order valence-corrected chi connectivity index (χ0v) is 22.2. The standard InChI is InChI=1S/C29H50N2O3/c1-4-6-7-8-9-10-11-12-13-14-15-16-17-18-19-20-29(33)34-24-26(22-28(32)5-2)21-27-23-30-25-31(27)3/h12-13,23,25-26H,4-11,14-22,24H2,1-3H3/b13-12-. The number of aryl methyl sites for hydroxylation is 1. The Kier molecular flexibility index (Phi) is 18.1. The highest BCUT2D eigenvalue weighted by Crippen LogP contribution is 2.15. The summed E-state index contributed by atoms with van der Waals surface area (Å²) >= 11 is 0. The molecule has 1 rings (SSSR count). The van der Waals surface area contributed by atoms with Gasteiger partial charge in [0.2, 0.25) is 0 Å². The molecule has 1 atom stereocenters. The van der Waals surface area contributed by atoms with Gasteiger partial charge in [0.25, 0.3) is 0 Å². The molecule has 0 aromatic carbocycles. The molecule has 0 amide bonds. The van der Waals surface area contributed by atoms with Crippen molar-refractivity contribution in [1.82, 2.24) is 9.55 Å². The number of hydrogen-bond acceptors (Lipinski definition) is 4. The number of imidazole rings is 1. The van der Waals surface area contributed by atoms with Crippen LogP contribution in [0.25, 0.3) is 0 Å². The highest BCUT2D eigenvalue weighted by Gasteiger charge is 2.17. The van der Waals surface area contributed by atoms with Crippen LogP contribution in [0.1, 0.15) is 122 Å². The van der Waals surface area contributed by atoms with Gasteiger partial charge in [0, 0.05) is 44.1 Å². The van der Waals surface area contributed by atoms with Crippen molar-refractivity contribution in [3.8, 4) is 0 Å². The molecule has 1 unspecified atom stereocenters. The van der Waals surface area contributed by atoms with Crippen molar-refractivity contribution in [3.05, 3.63) is 30.4 Å². The number of aromatic nitrogens is 2. The van der Waals surface area contributed by atoms with Gasteiger partial charge in [-0.2, -0.15) is 0 Å². The van der Waals surface area contributed by atoms with Gasteiger partial charge < -0.3 is 9.30 Å². The molecule has 1 heterocycles. The Labute approximate surface area is 208 Å². The summed E-state index contributed by atoms with van der Waals surface area (Å²) < 4.78 is 7.48. The minimum atomic E-state index is -0.142. The molecule has 0 saturated heterocycles. The Balaban J connectivity index is 2.05. The summed E-state index contributed by atoms with van der Waals surface area (Å²) in [7, 11) is 1.94. The zero-order valence-electron chi connectivity index (χ0n) is 22.2. The molecule has 5 nitrogen and oxygen atoms in total. The van der Waals surface area contributed by atoms with E-state index in [0.29, 0.717) is 32.3 Å². The maximum Gasteiger partial charge on any atom is 0.305 e. The molecule has 5 heteroatoms. The fraction of sp³-hybridized carbons (Fsp3) is 0.759. The number of allylic oxidation sites excluding steroid dienone is 2. The second kappa shape index (κ2) is 20.5. The lowest BCUT2D eigenvalue weighted by Gasteiger charge is -2.16. The first-order chi connectivity index (χ1) is 16.6. The summed E-state index contributed by atoms with van der Waals surface area (Å²) in [5.74, 6) is 0.0814. The van der Waals surface area contributed by atoms with E-state index in [1.807, 2.05) is 24.7 Å². The van der Waals surface area contributed by atoms with E-state index in [9.17, 15) is 9.59 Å². The normalized spacial score (nSPS) is 12.3. The highest BCUT2D eigenvalue weighted by atomic mass is 16.5. The summed E-state index contributed by atoms with van der Waals surface area (Å²) in [6, 6.07) is 0. The van der Waals surface area contributed by atoms with Crippen LogP contribution in [0, 0.1) is 5.92 Å². The van der Waals surface area contributed by atoms with E-state index in [2.05, 4.69) is 24.1 Å². The van der Waals surface area contributed by atoms with Crippen molar-refractivity contribution in [2.45, 2.75) is 123 Å². The van der Waals surface area contributed by atoms with Gasteiger partial charge in [0.05, 0.1) is 12.9 Å². The zero-order chi connectivity index (χ0) is 24.9. The van der Waals surface area contributed by atoms with E-state index in [0.717, 1.165) is 18.5 Å². The molecule has 1 aromatic rings. The molecule has 0 bridgehead atoms. The van der Waals surface area contributed by atoms with Crippen molar-refractivity contribution in [2.24, 2.45) is 13.0 Å². The summed E-state index contributed by atoms with van der Waals surface area (Å²) in [6.07, 6.45) is 26.6. The number of carbonyl (C=O) groups is 2. The van der Waals surface area contributed by atoms with Crippen LogP contribution >= 0.6 is 0 Å². The number of esters is 1. The number of nitrogens with zero attached hydrogens (tertiary/aromatic N) is 2. The van der Waals surface area contributed by atoms with E-state index in [4.69, 9.17) is 4.74 Å². The van der Waals surface area contributed by atoms with Crippen LogP contribution in [-0.2, 0) is 27.8 Å². The third-order valence-electron chi connectivity index (χ3n) is 6.45. The Hall–Kier alpha value is -1.91. The minimum Gasteiger partial charge on any atom is -0.465 e. The van der Waals surface area contributed by atoms with Crippen LogP contribution in [0.2, 0.25) is 0 Å². The number of Topliss-reactive ketones (excluding diaryl/α,β-unsaturated/α-hetero) is 1. The number of rotatable bonds is 22. The Morgan fingerprint density at radius 3 is 2.15 bits per heavy atom. The molecule has 0 aliphatic rings. The third kappa shape index (κ3) is 15.8. The van der Waals surface area contributed by atoms with Gasteiger partial charge in [-0.15, -0.1) is 0 Å². The quantitative estimate of drug-likeness (QED) is 0.0990. The van der Waals surface area contributed by atoms with Crippen LogP contribution in [0.15, 0.2) is 24.7 Å². The van der Waals surface area contributed by atoms with E-state index in [1.54, 1.807) is 6.33 Å². The molecular formula is C29H50N2O3. The summed E-state index contributed by atoms with van der Waals surface area (Å²) in [5, 5.41) is 0. The molecule has 34 heavy (non-hydrogen) atoms. The van der Waals surface area contributed by atoms with E-state index >= 15 is 0 Å². The van der Waals surface area contributed by atoms with Crippen molar-refractivity contribution >= 4 is 11.8 Å². The second-order valence-electron chi connectivity index (χ2n) is 9.68. The predicted molar refractivity (Wildman–Crippen MR) is 141 cm³/mol. The Morgan fingerprint density at radius 1 is 0.941 bits per heavy atom. The van der Waals surface area contributed by atoms with Crippen LogP contribution in [0.4, 0.5) is 0 Å². The van der Waals surface area contributed by atoms with Crippen molar-refractivity contribution in [1.29, 1.82) is 0 Å². The van der Waals surface area contributed by atoms with Crippen LogP contribution in [0.3, 0.4) is 0 Å². The molecule has 0 aliphatic carbocycles. The monoisotopic (exact) mass is 474 g/mol. The summed E-state index contributed by atoms with van der Waals surface area (Å²) in [5.41, 5.74) is 1.06. The number of carbonyl (C=O) groups excluding carboxylic acids is 2. The lowest BCUT2D eigenvalue weighted by Crippen LogP contribution is -2.20. The number of hydrogen-bond donors (Lipinski definition) is 0. The first-order valence-electron chi connectivity index (χ1n) is 13.8. The smallest absolute Gasteiger partial charge is 0.305 e. The van der Waals surface area contributed by atoms with Gasteiger partial charge in [-0.1, -0.05) is 77.4 Å². The number of ether oxygens (including phenoxy) is 1. The van der Waals surface area contributed by atoms with Gasteiger partial charge in [0.15, 0.2) is 0 Å². The van der Waals surface area contributed by atoms with Crippen molar-refractivity contribution in [3.63, 3.8) is 0 Å². The largest absolute Gasteiger partial charge is 0.465 e. The van der Waals surface area contributed by atoms with Gasteiger partial charge in [-0.25, -0.2) is 4.98 Å². The molecule has 0 spiro atoms. The highest BCUT2D eigenvalue weighted by molar-refractivity contribution is 5.78. The fourth-order valence-electron chi connectivity index (χ4n) is 4.16. The van der Waals surface area contributed by atoms with E-state index in [1.165, 1.54) is 70.6 Å². The van der Waals surface area contributed by atoms with Crippen molar-refractivity contribution in [2.75, 3.05) is 6.61 Å². The minimum absolute atomic E-state index is 0.0147. The Bertz CT molecular complexity index is 681. The maximum absolute atomic E-state index is 12.2. The number of ketones is 1. The summed E-state index contributed by atoms with van der Waals surface area (Å²) in [6.45, 7) is 4.45. The fourth-order valence-corrected chi connectivity index (χ4v) is 4.16. The molecular weight excluding hydrogens is 424 g/mol.